The van der Waals surface area contributed by atoms with Crippen LogP contribution in [0.3, 0.4) is 0 Å². The van der Waals surface area contributed by atoms with Crippen LogP contribution < -0.4 is 10.9 Å². The Bertz CT molecular complexity index is 523. The molecule has 0 heterocycles. The highest BCUT2D eigenvalue weighted by atomic mass is 32.2. The van der Waals surface area contributed by atoms with Crippen molar-refractivity contribution in [1.29, 1.82) is 0 Å². The second kappa shape index (κ2) is 5.95. The lowest BCUT2D eigenvalue weighted by molar-refractivity contribution is 0.598. The highest BCUT2D eigenvalue weighted by Crippen LogP contribution is 2.33. The van der Waals surface area contributed by atoms with Crippen LogP contribution in [0, 0.1) is 6.92 Å². The van der Waals surface area contributed by atoms with Gasteiger partial charge in [0.1, 0.15) is 4.90 Å². The third-order valence-electron chi connectivity index (χ3n) is 2.82. The van der Waals surface area contributed by atoms with Crippen LogP contribution in [0.2, 0.25) is 0 Å². The second-order valence-corrected chi connectivity index (χ2v) is 7.13. The number of nitrogen functional groups attached to an aromatic ring is 1. The molecule has 0 aliphatic heterocycles. The molecule has 6 heteroatoms. The van der Waals surface area contributed by atoms with Crippen LogP contribution in [0.1, 0.15) is 32.3 Å². The lowest BCUT2D eigenvalue weighted by atomic mass is 10.2. The Balaban J connectivity index is 3.21. The molecular weight excluding hydrogens is 268 g/mol. The Morgan fingerprint density at radius 1 is 1.28 bits per heavy atom. The number of anilines is 1. The standard InChI is InChI=1S/C12H20N2O2S2/c1-4-9(5-2)17-11-7-12(18(14,15)16)10(13)6-8(11)3/h6-7,9H,4-5,13H2,1-3H3,(H2,14,15,16). The molecule has 0 saturated carbocycles. The molecule has 0 atom stereocenters. The van der Waals surface area contributed by atoms with Gasteiger partial charge >= 0.3 is 0 Å². The normalized spacial score (nSPS) is 12.1. The van der Waals surface area contributed by atoms with Gasteiger partial charge < -0.3 is 5.73 Å². The zero-order valence-electron chi connectivity index (χ0n) is 10.9. The van der Waals surface area contributed by atoms with Crippen molar-refractivity contribution in [3.05, 3.63) is 17.7 Å². The minimum Gasteiger partial charge on any atom is -0.398 e. The third-order valence-corrected chi connectivity index (χ3v) is 5.48. The van der Waals surface area contributed by atoms with Crippen LogP contribution in [-0.4, -0.2) is 13.7 Å². The molecular formula is C12H20N2O2S2. The maximum Gasteiger partial charge on any atom is 0.240 e. The molecule has 0 spiro atoms. The summed E-state index contributed by atoms with van der Waals surface area (Å²) in [5.74, 6) is 0. The van der Waals surface area contributed by atoms with Crippen molar-refractivity contribution in [3.63, 3.8) is 0 Å². The SMILES string of the molecule is CCC(CC)Sc1cc(S(N)(=O)=O)c(N)cc1C. The molecule has 0 aromatic heterocycles. The summed E-state index contributed by atoms with van der Waals surface area (Å²) < 4.78 is 22.9. The summed E-state index contributed by atoms with van der Waals surface area (Å²) >= 11 is 1.68. The Hall–Kier alpha value is -0.720. The number of hydrogen-bond acceptors (Lipinski definition) is 4. The van der Waals surface area contributed by atoms with Gasteiger partial charge in [-0.15, -0.1) is 11.8 Å². The monoisotopic (exact) mass is 288 g/mol. The maximum absolute atomic E-state index is 11.4. The first-order valence-electron chi connectivity index (χ1n) is 5.89. The number of aryl methyl sites for hydroxylation is 1. The van der Waals surface area contributed by atoms with Crippen molar-refractivity contribution >= 4 is 27.5 Å². The largest absolute Gasteiger partial charge is 0.398 e. The average molecular weight is 288 g/mol. The molecule has 0 bridgehead atoms. The molecule has 102 valence electrons. The summed E-state index contributed by atoms with van der Waals surface area (Å²) in [6.07, 6.45) is 2.07. The van der Waals surface area contributed by atoms with E-state index in [0.717, 1.165) is 23.3 Å². The third kappa shape index (κ3) is 3.63. The second-order valence-electron chi connectivity index (χ2n) is 4.26. The fourth-order valence-corrected chi connectivity index (χ4v) is 3.57. The van der Waals surface area contributed by atoms with E-state index in [1.54, 1.807) is 23.9 Å². The van der Waals surface area contributed by atoms with Crippen LogP contribution >= 0.6 is 11.8 Å². The lowest BCUT2D eigenvalue weighted by Crippen LogP contribution is -2.15. The Morgan fingerprint density at radius 2 is 1.83 bits per heavy atom. The minimum atomic E-state index is -3.76. The number of hydrogen-bond donors (Lipinski definition) is 2. The molecule has 4 N–H and O–H groups in total. The van der Waals surface area contributed by atoms with Crippen molar-refractivity contribution in [2.45, 2.75) is 48.7 Å². The van der Waals surface area contributed by atoms with E-state index >= 15 is 0 Å². The smallest absolute Gasteiger partial charge is 0.240 e. The summed E-state index contributed by atoms with van der Waals surface area (Å²) in [6.45, 7) is 6.16. The van der Waals surface area contributed by atoms with E-state index in [0.29, 0.717) is 5.25 Å². The van der Waals surface area contributed by atoms with Crippen molar-refractivity contribution in [1.82, 2.24) is 0 Å². The lowest BCUT2D eigenvalue weighted by Gasteiger charge is -2.15. The predicted octanol–water partition coefficient (Wildman–Crippen LogP) is 2.51. The number of sulfonamides is 1. The van der Waals surface area contributed by atoms with Crippen LogP contribution in [0.25, 0.3) is 0 Å². The summed E-state index contributed by atoms with van der Waals surface area (Å²) in [4.78, 5) is 0.948. The number of rotatable bonds is 5. The Labute approximate surface area is 113 Å². The van der Waals surface area contributed by atoms with Crippen LogP contribution in [-0.2, 0) is 10.0 Å². The first kappa shape index (κ1) is 15.3. The number of primary sulfonamides is 1. The van der Waals surface area contributed by atoms with Gasteiger partial charge in [0.2, 0.25) is 10.0 Å². The first-order valence-corrected chi connectivity index (χ1v) is 8.31. The van der Waals surface area contributed by atoms with Crippen molar-refractivity contribution in [2.75, 3.05) is 5.73 Å². The Kier molecular flexibility index (Phi) is 5.07. The molecule has 4 nitrogen and oxygen atoms in total. The fourth-order valence-electron chi connectivity index (χ4n) is 1.70. The first-order chi connectivity index (χ1) is 8.29. The minimum absolute atomic E-state index is 0.0153. The van der Waals surface area contributed by atoms with E-state index in [1.165, 1.54) is 0 Å². The van der Waals surface area contributed by atoms with E-state index in [2.05, 4.69) is 13.8 Å². The predicted molar refractivity (Wildman–Crippen MR) is 77.2 cm³/mol. The topological polar surface area (TPSA) is 86.2 Å². The molecule has 0 aliphatic carbocycles. The molecule has 0 radical (unpaired) electrons. The molecule has 1 aromatic rings. The zero-order chi connectivity index (χ0) is 13.9. The van der Waals surface area contributed by atoms with Gasteiger partial charge in [-0.1, -0.05) is 13.8 Å². The molecule has 0 aliphatic rings. The van der Waals surface area contributed by atoms with E-state index in [9.17, 15) is 8.42 Å². The number of benzene rings is 1. The highest BCUT2D eigenvalue weighted by molar-refractivity contribution is 8.00. The summed E-state index contributed by atoms with van der Waals surface area (Å²) in [7, 11) is -3.76. The summed E-state index contributed by atoms with van der Waals surface area (Å²) in [5, 5.41) is 5.63. The van der Waals surface area contributed by atoms with Crippen LogP contribution in [0.4, 0.5) is 5.69 Å². The van der Waals surface area contributed by atoms with Gasteiger partial charge in [0.15, 0.2) is 0 Å². The van der Waals surface area contributed by atoms with E-state index in [4.69, 9.17) is 10.9 Å². The average Bonchev–Trinajstić information content (AvgIpc) is 2.26. The molecule has 1 rings (SSSR count). The van der Waals surface area contributed by atoms with Gasteiger partial charge in [0.25, 0.3) is 0 Å². The van der Waals surface area contributed by atoms with E-state index < -0.39 is 10.0 Å². The molecule has 0 unspecified atom stereocenters. The molecule has 0 fully saturated rings. The van der Waals surface area contributed by atoms with Gasteiger partial charge in [0, 0.05) is 10.1 Å². The fraction of sp³-hybridized carbons (Fsp3) is 0.500. The van der Waals surface area contributed by atoms with Gasteiger partial charge in [-0.2, -0.15) is 0 Å². The quantitative estimate of drug-likeness (QED) is 0.644. The summed E-state index contributed by atoms with van der Waals surface area (Å²) in [6, 6.07) is 3.26. The highest BCUT2D eigenvalue weighted by Gasteiger charge is 2.16. The number of nitrogens with two attached hydrogens (primary N) is 2. The van der Waals surface area contributed by atoms with Gasteiger partial charge in [0.05, 0.1) is 5.69 Å². The molecule has 18 heavy (non-hydrogen) atoms. The molecule has 0 amide bonds. The van der Waals surface area contributed by atoms with Gasteiger partial charge in [-0.3, -0.25) is 0 Å². The van der Waals surface area contributed by atoms with Crippen molar-refractivity contribution in [2.24, 2.45) is 5.14 Å². The van der Waals surface area contributed by atoms with Crippen molar-refractivity contribution < 1.29 is 8.42 Å². The van der Waals surface area contributed by atoms with Gasteiger partial charge in [-0.05, 0) is 37.5 Å². The van der Waals surface area contributed by atoms with E-state index in [1.807, 2.05) is 6.92 Å². The van der Waals surface area contributed by atoms with Crippen LogP contribution in [0.15, 0.2) is 21.9 Å². The maximum atomic E-state index is 11.4. The molecule has 1 aromatic carbocycles. The molecule has 0 saturated heterocycles. The van der Waals surface area contributed by atoms with Crippen LogP contribution in [0.5, 0.6) is 0 Å². The number of thioether (sulfide) groups is 1. The Morgan fingerprint density at radius 3 is 2.28 bits per heavy atom. The van der Waals surface area contributed by atoms with Gasteiger partial charge in [-0.25, -0.2) is 13.6 Å². The summed E-state index contributed by atoms with van der Waals surface area (Å²) in [5.41, 5.74) is 6.90. The van der Waals surface area contributed by atoms with E-state index in [-0.39, 0.29) is 10.6 Å². The zero-order valence-corrected chi connectivity index (χ0v) is 12.6. The van der Waals surface area contributed by atoms with Crippen molar-refractivity contribution in [3.8, 4) is 0 Å².